The molecule has 1 heterocycles. The number of carbonyl (C=O) groups excluding carboxylic acids is 1. The Hall–Kier alpha value is -1.31. The Morgan fingerprint density at radius 1 is 1.35 bits per heavy atom. The van der Waals surface area contributed by atoms with Crippen LogP contribution in [-0.2, 0) is 0 Å². The van der Waals surface area contributed by atoms with Crippen molar-refractivity contribution in [2.75, 3.05) is 0 Å². The van der Waals surface area contributed by atoms with Crippen molar-refractivity contribution < 1.29 is 4.79 Å². The highest BCUT2D eigenvalue weighted by Crippen LogP contribution is 2.26. The number of hydrogen-bond acceptors (Lipinski definition) is 3. The van der Waals surface area contributed by atoms with Crippen LogP contribution in [0, 0.1) is 17.2 Å². The smallest absolute Gasteiger partial charge is 0.255 e. The first-order chi connectivity index (χ1) is 9.61. The van der Waals surface area contributed by atoms with E-state index >= 15 is 0 Å². The molecule has 20 heavy (non-hydrogen) atoms. The molecule has 0 aliphatic heterocycles. The number of rotatable bonds is 3. The first kappa shape index (κ1) is 15.1. The van der Waals surface area contributed by atoms with Crippen LogP contribution in [-0.4, -0.2) is 16.9 Å². The fourth-order valence-electron chi connectivity index (χ4n) is 2.52. The second kappa shape index (κ2) is 6.92. The molecule has 1 aliphatic carbocycles. The van der Waals surface area contributed by atoms with Gasteiger partial charge in [0.2, 0.25) is 0 Å². The largest absolute Gasteiger partial charge is 0.336 e. The summed E-state index contributed by atoms with van der Waals surface area (Å²) < 4.78 is 0. The molecule has 6 heteroatoms. The maximum absolute atomic E-state index is 12.2. The molecule has 4 nitrogen and oxygen atoms in total. The van der Waals surface area contributed by atoms with Crippen LogP contribution in [0.4, 0.5) is 0 Å². The number of pyridine rings is 1. The summed E-state index contributed by atoms with van der Waals surface area (Å²) in [4.78, 5) is 16.0. The molecule has 2 rings (SSSR count). The van der Waals surface area contributed by atoms with Crippen LogP contribution in [0.3, 0.4) is 0 Å². The third kappa shape index (κ3) is 3.62. The van der Waals surface area contributed by atoms with Gasteiger partial charge in [-0.15, -0.1) is 0 Å². The second-order valence-corrected chi connectivity index (χ2v) is 5.70. The lowest BCUT2D eigenvalue weighted by molar-refractivity contribution is 0.0928. The van der Waals surface area contributed by atoms with E-state index < -0.39 is 6.04 Å². The SMILES string of the molecule is N#CC(NC(=O)c1ccc(Cl)nc1Cl)C1CCCCC1. The number of nitriles is 1. The van der Waals surface area contributed by atoms with E-state index in [2.05, 4.69) is 16.4 Å². The van der Waals surface area contributed by atoms with Crippen molar-refractivity contribution in [3.63, 3.8) is 0 Å². The molecule has 0 bridgehead atoms. The summed E-state index contributed by atoms with van der Waals surface area (Å²) in [5, 5.41) is 12.3. The molecule has 1 atom stereocenters. The van der Waals surface area contributed by atoms with Crippen LogP contribution in [0.1, 0.15) is 42.5 Å². The van der Waals surface area contributed by atoms with Crippen molar-refractivity contribution >= 4 is 29.1 Å². The Morgan fingerprint density at radius 2 is 2.05 bits per heavy atom. The van der Waals surface area contributed by atoms with Gasteiger partial charge in [-0.2, -0.15) is 5.26 Å². The summed E-state index contributed by atoms with van der Waals surface area (Å²) in [5.74, 6) is -0.159. The van der Waals surface area contributed by atoms with E-state index in [-0.39, 0.29) is 27.7 Å². The molecule has 1 aliphatic rings. The summed E-state index contributed by atoms with van der Waals surface area (Å²) in [5.41, 5.74) is 0.243. The molecule has 0 aromatic carbocycles. The van der Waals surface area contributed by atoms with E-state index in [1.807, 2.05) is 0 Å². The Labute approximate surface area is 128 Å². The highest BCUT2D eigenvalue weighted by Gasteiger charge is 2.26. The average Bonchev–Trinajstić information content (AvgIpc) is 2.45. The lowest BCUT2D eigenvalue weighted by Gasteiger charge is -2.26. The van der Waals surface area contributed by atoms with E-state index in [9.17, 15) is 10.1 Å². The van der Waals surface area contributed by atoms with Crippen LogP contribution in [0.5, 0.6) is 0 Å². The maximum Gasteiger partial charge on any atom is 0.255 e. The van der Waals surface area contributed by atoms with Gasteiger partial charge in [-0.3, -0.25) is 4.79 Å². The Balaban J connectivity index is 2.07. The second-order valence-electron chi connectivity index (χ2n) is 4.95. The molecular formula is C14H15Cl2N3O. The van der Waals surface area contributed by atoms with Crippen molar-refractivity contribution in [3.8, 4) is 6.07 Å². The number of carbonyl (C=O) groups is 1. The molecule has 1 aromatic rings. The van der Waals surface area contributed by atoms with Gasteiger partial charge in [0.1, 0.15) is 16.3 Å². The third-order valence-corrected chi connectivity index (χ3v) is 4.10. The van der Waals surface area contributed by atoms with Gasteiger partial charge in [0, 0.05) is 0 Å². The van der Waals surface area contributed by atoms with Crippen molar-refractivity contribution in [2.24, 2.45) is 5.92 Å². The Kier molecular flexibility index (Phi) is 5.22. The third-order valence-electron chi connectivity index (χ3n) is 3.61. The van der Waals surface area contributed by atoms with Gasteiger partial charge >= 0.3 is 0 Å². The molecule has 1 saturated carbocycles. The Bertz CT molecular complexity index is 536. The monoisotopic (exact) mass is 311 g/mol. The zero-order valence-electron chi connectivity index (χ0n) is 10.9. The first-order valence-electron chi connectivity index (χ1n) is 6.64. The van der Waals surface area contributed by atoms with E-state index in [1.54, 1.807) is 0 Å². The minimum Gasteiger partial charge on any atom is -0.336 e. The number of hydrogen-bond donors (Lipinski definition) is 1. The molecular weight excluding hydrogens is 297 g/mol. The van der Waals surface area contributed by atoms with Crippen molar-refractivity contribution in [1.82, 2.24) is 10.3 Å². The zero-order valence-corrected chi connectivity index (χ0v) is 12.4. The van der Waals surface area contributed by atoms with Gasteiger partial charge in [0.15, 0.2) is 0 Å². The topological polar surface area (TPSA) is 65.8 Å². The molecule has 1 N–H and O–H groups in total. The summed E-state index contributed by atoms with van der Waals surface area (Å²) in [6.07, 6.45) is 5.38. The lowest BCUT2D eigenvalue weighted by atomic mass is 9.84. The van der Waals surface area contributed by atoms with Gasteiger partial charge in [0.25, 0.3) is 5.91 Å². The summed E-state index contributed by atoms with van der Waals surface area (Å²) in [7, 11) is 0. The van der Waals surface area contributed by atoms with Crippen LogP contribution >= 0.6 is 23.2 Å². The fourth-order valence-corrected chi connectivity index (χ4v) is 2.95. The fraction of sp³-hybridized carbons (Fsp3) is 0.500. The minimum absolute atomic E-state index is 0.0512. The zero-order chi connectivity index (χ0) is 14.5. The standard InChI is InChI=1S/C14H15Cl2N3O/c15-12-7-6-10(13(16)19-12)14(20)18-11(8-17)9-4-2-1-3-5-9/h6-7,9,11H,1-5H2,(H,18,20). The summed E-state index contributed by atoms with van der Waals surface area (Å²) in [6, 6.07) is 4.72. The van der Waals surface area contributed by atoms with Crippen LogP contribution in [0.15, 0.2) is 12.1 Å². The normalized spacial score (nSPS) is 17.2. The van der Waals surface area contributed by atoms with Crippen molar-refractivity contribution in [3.05, 3.63) is 28.0 Å². The van der Waals surface area contributed by atoms with E-state index in [0.717, 1.165) is 25.7 Å². The summed E-state index contributed by atoms with van der Waals surface area (Å²) >= 11 is 11.6. The number of nitrogens with one attached hydrogen (secondary N) is 1. The number of halogens is 2. The maximum atomic E-state index is 12.2. The molecule has 1 fully saturated rings. The predicted molar refractivity (Wildman–Crippen MR) is 77.7 cm³/mol. The van der Waals surface area contributed by atoms with Gasteiger partial charge in [-0.1, -0.05) is 42.5 Å². The molecule has 0 spiro atoms. The van der Waals surface area contributed by atoms with Gasteiger partial charge < -0.3 is 5.32 Å². The summed E-state index contributed by atoms with van der Waals surface area (Å²) in [6.45, 7) is 0. The van der Waals surface area contributed by atoms with E-state index in [0.29, 0.717) is 0 Å². The quantitative estimate of drug-likeness (QED) is 0.867. The highest BCUT2D eigenvalue weighted by atomic mass is 35.5. The Morgan fingerprint density at radius 3 is 2.65 bits per heavy atom. The van der Waals surface area contributed by atoms with Crippen molar-refractivity contribution in [1.29, 1.82) is 5.26 Å². The predicted octanol–water partition coefficient (Wildman–Crippen LogP) is 3.59. The lowest BCUT2D eigenvalue weighted by Crippen LogP contribution is -2.40. The molecule has 1 unspecified atom stereocenters. The number of amides is 1. The first-order valence-corrected chi connectivity index (χ1v) is 7.40. The van der Waals surface area contributed by atoms with E-state index in [4.69, 9.17) is 23.2 Å². The molecule has 106 valence electrons. The highest BCUT2D eigenvalue weighted by molar-refractivity contribution is 6.34. The average molecular weight is 312 g/mol. The number of aromatic nitrogens is 1. The minimum atomic E-state index is -0.477. The van der Waals surface area contributed by atoms with Gasteiger partial charge in [-0.05, 0) is 30.9 Å². The van der Waals surface area contributed by atoms with Crippen molar-refractivity contribution in [2.45, 2.75) is 38.1 Å². The molecule has 1 aromatic heterocycles. The molecule has 0 saturated heterocycles. The van der Waals surface area contributed by atoms with Crippen LogP contribution in [0.25, 0.3) is 0 Å². The van der Waals surface area contributed by atoms with Crippen LogP contribution in [0.2, 0.25) is 10.3 Å². The number of nitrogens with zero attached hydrogens (tertiary/aromatic N) is 2. The van der Waals surface area contributed by atoms with E-state index in [1.165, 1.54) is 18.6 Å². The van der Waals surface area contributed by atoms with Gasteiger partial charge in [0.05, 0.1) is 11.6 Å². The van der Waals surface area contributed by atoms with Gasteiger partial charge in [-0.25, -0.2) is 4.98 Å². The molecule has 1 amide bonds. The molecule has 0 radical (unpaired) electrons. The van der Waals surface area contributed by atoms with Crippen LogP contribution < -0.4 is 5.32 Å².